The van der Waals surface area contributed by atoms with Gasteiger partial charge in [-0.3, -0.25) is 9.59 Å². The van der Waals surface area contributed by atoms with Gasteiger partial charge < -0.3 is 9.47 Å². The maximum Gasteiger partial charge on any atom is 0.434 e. The lowest BCUT2D eigenvalue weighted by Crippen LogP contribution is -2.52. The van der Waals surface area contributed by atoms with E-state index >= 15 is 0 Å². The van der Waals surface area contributed by atoms with Crippen LogP contribution in [-0.2, 0) is 19.1 Å². The van der Waals surface area contributed by atoms with Crippen LogP contribution in [0.5, 0.6) is 0 Å². The molecular weight excluding hydrogens is 466 g/mol. The van der Waals surface area contributed by atoms with E-state index in [1.54, 1.807) is 13.8 Å². The Kier molecular flexibility index (Phi) is 11.0. The predicted octanol–water partition coefficient (Wildman–Crippen LogP) is 7.64. The zero-order chi connectivity index (χ0) is 27.3. The Morgan fingerprint density at radius 3 is 1.44 bits per heavy atom. The van der Waals surface area contributed by atoms with Crippen molar-refractivity contribution in [1.29, 1.82) is 0 Å². The van der Waals surface area contributed by atoms with Gasteiger partial charge in [-0.2, -0.15) is 26.3 Å². The normalized spacial score (nSPS) is 15.8. The molecule has 0 saturated carbocycles. The molecule has 0 aromatic carbocycles. The number of rotatable bonds is 11. The van der Waals surface area contributed by atoms with Crippen LogP contribution in [0.25, 0.3) is 0 Å². The standard InChI is InChI=1S/C24H40F6O4/c1-10-15(17(31)33-19(23(25,26)27)24(28,29)30)22(12-3,13-4)34-18(32)16(20(5,6)7)14-21(8,9)11-2/h15-16,19H,10-14H2,1-9H3. The summed E-state index contributed by atoms with van der Waals surface area (Å²) in [5.41, 5.74) is -2.35. The predicted molar refractivity (Wildman–Crippen MR) is 117 cm³/mol. The Morgan fingerprint density at radius 1 is 0.706 bits per heavy atom. The van der Waals surface area contributed by atoms with Gasteiger partial charge in [-0.05, 0) is 36.5 Å². The van der Waals surface area contributed by atoms with Crippen molar-refractivity contribution in [2.24, 2.45) is 22.7 Å². The zero-order valence-electron chi connectivity index (χ0n) is 21.7. The largest absolute Gasteiger partial charge is 0.458 e. The first-order chi connectivity index (χ1) is 15.1. The maximum absolute atomic E-state index is 13.4. The van der Waals surface area contributed by atoms with E-state index in [1.165, 1.54) is 6.92 Å². The molecule has 2 atom stereocenters. The smallest absolute Gasteiger partial charge is 0.434 e. The molecule has 0 N–H and O–H groups in total. The number of carbonyl (C=O) groups excluding carboxylic acids is 2. The second kappa shape index (κ2) is 11.5. The Bertz CT molecular complexity index is 658. The third-order valence-corrected chi connectivity index (χ3v) is 6.70. The third-order valence-electron chi connectivity index (χ3n) is 6.70. The molecule has 0 amide bonds. The van der Waals surface area contributed by atoms with Gasteiger partial charge in [0.15, 0.2) is 0 Å². The van der Waals surface area contributed by atoms with Crippen LogP contribution >= 0.6 is 0 Å². The average Bonchev–Trinajstić information content (AvgIpc) is 2.67. The van der Waals surface area contributed by atoms with Crippen molar-refractivity contribution in [3.8, 4) is 0 Å². The first kappa shape index (κ1) is 32.5. The molecule has 0 saturated heterocycles. The summed E-state index contributed by atoms with van der Waals surface area (Å²) in [6.07, 6.45) is -14.8. The fourth-order valence-electron chi connectivity index (χ4n) is 3.94. The quantitative estimate of drug-likeness (QED) is 0.213. The van der Waals surface area contributed by atoms with Crippen LogP contribution in [0.2, 0.25) is 0 Å². The van der Waals surface area contributed by atoms with Crippen LogP contribution in [0.15, 0.2) is 0 Å². The summed E-state index contributed by atoms with van der Waals surface area (Å²) < 4.78 is 87.6. The Labute approximate surface area is 199 Å². The highest BCUT2D eigenvalue weighted by Crippen LogP contribution is 2.43. The molecule has 2 unspecified atom stereocenters. The molecule has 0 aromatic rings. The van der Waals surface area contributed by atoms with E-state index in [0.29, 0.717) is 6.42 Å². The van der Waals surface area contributed by atoms with Gasteiger partial charge in [0.05, 0.1) is 11.8 Å². The number of alkyl halides is 6. The van der Waals surface area contributed by atoms with Crippen molar-refractivity contribution in [1.82, 2.24) is 0 Å². The summed E-state index contributed by atoms with van der Waals surface area (Å²) in [6, 6.07) is 0. The van der Waals surface area contributed by atoms with E-state index in [1.807, 2.05) is 41.5 Å². The van der Waals surface area contributed by atoms with Gasteiger partial charge in [-0.1, -0.05) is 68.7 Å². The molecular formula is C24H40F6O4. The molecule has 0 radical (unpaired) electrons. The molecule has 0 aliphatic carbocycles. The molecule has 202 valence electrons. The lowest BCUT2D eigenvalue weighted by atomic mass is 9.70. The SMILES string of the molecule is CCC(C(=O)OC(C(F)(F)F)C(F)(F)F)C(CC)(CC)OC(=O)C(CC(C)(C)CC)C(C)(C)C. The first-order valence-electron chi connectivity index (χ1n) is 11.7. The molecule has 0 aliphatic rings. The average molecular weight is 507 g/mol. The van der Waals surface area contributed by atoms with E-state index in [0.717, 1.165) is 6.42 Å². The van der Waals surface area contributed by atoms with Crippen LogP contribution in [0.4, 0.5) is 26.3 Å². The first-order valence-corrected chi connectivity index (χ1v) is 11.7. The third kappa shape index (κ3) is 8.63. The van der Waals surface area contributed by atoms with E-state index in [4.69, 9.17) is 4.74 Å². The summed E-state index contributed by atoms with van der Waals surface area (Å²) in [5.74, 6) is -4.43. The lowest BCUT2D eigenvalue weighted by molar-refractivity contribution is -0.315. The van der Waals surface area contributed by atoms with Crippen LogP contribution < -0.4 is 0 Å². The number of esters is 2. The van der Waals surface area contributed by atoms with Crippen LogP contribution in [0.3, 0.4) is 0 Å². The number of hydrogen-bond acceptors (Lipinski definition) is 4. The van der Waals surface area contributed by atoms with Gasteiger partial charge in [0.1, 0.15) is 5.60 Å². The van der Waals surface area contributed by atoms with Gasteiger partial charge in [-0.25, -0.2) is 0 Å². The van der Waals surface area contributed by atoms with Gasteiger partial charge in [0.25, 0.3) is 6.10 Å². The molecule has 4 nitrogen and oxygen atoms in total. The number of halogens is 6. The molecule has 0 aliphatic heterocycles. The Balaban J connectivity index is 6.18. The van der Waals surface area contributed by atoms with Crippen LogP contribution in [0, 0.1) is 22.7 Å². The van der Waals surface area contributed by atoms with Crippen molar-refractivity contribution in [2.45, 2.75) is 118 Å². The molecule has 0 bridgehead atoms. The fraction of sp³-hybridized carbons (Fsp3) is 0.917. The number of ether oxygens (including phenoxy) is 2. The lowest BCUT2D eigenvalue weighted by Gasteiger charge is -2.42. The molecule has 34 heavy (non-hydrogen) atoms. The Hall–Kier alpha value is -1.48. The van der Waals surface area contributed by atoms with Crippen molar-refractivity contribution in [3.63, 3.8) is 0 Å². The second-order valence-electron chi connectivity index (χ2n) is 10.7. The van der Waals surface area contributed by atoms with Crippen molar-refractivity contribution >= 4 is 11.9 Å². The van der Waals surface area contributed by atoms with Gasteiger partial charge in [0.2, 0.25) is 0 Å². The summed E-state index contributed by atoms with van der Waals surface area (Å²) >= 11 is 0. The van der Waals surface area contributed by atoms with Crippen LogP contribution in [0.1, 0.15) is 94.4 Å². The van der Waals surface area contributed by atoms with Crippen LogP contribution in [-0.4, -0.2) is 36.0 Å². The molecule has 0 rings (SSSR count). The highest BCUT2D eigenvalue weighted by molar-refractivity contribution is 5.77. The minimum absolute atomic E-state index is 0.0135. The number of carbonyl (C=O) groups is 2. The molecule has 0 spiro atoms. The highest BCUT2D eigenvalue weighted by Gasteiger charge is 2.61. The summed E-state index contributed by atoms with van der Waals surface area (Å²) in [4.78, 5) is 26.0. The minimum Gasteiger partial charge on any atom is -0.458 e. The van der Waals surface area contributed by atoms with Crippen molar-refractivity contribution in [2.75, 3.05) is 0 Å². The van der Waals surface area contributed by atoms with E-state index in [2.05, 4.69) is 4.74 Å². The summed E-state index contributed by atoms with van der Waals surface area (Å²) in [5, 5.41) is 0. The maximum atomic E-state index is 13.4. The molecule has 10 heteroatoms. The highest BCUT2D eigenvalue weighted by atomic mass is 19.4. The van der Waals surface area contributed by atoms with E-state index in [-0.39, 0.29) is 24.7 Å². The molecule has 0 heterocycles. The van der Waals surface area contributed by atoms with Gasteiger partial charge in [0, 0.05) is 0 Å². The van der Waals surface area contributed by atoms with Crippen molar-refractivity contribution in [3.05, 3.63) is 0 Å². The fourth-order valence-corrected chi connectivity index (χ4v) is 3.94. The zero-order valence-corrected chi connectivity index (χ0v) is 21.7. The van der Waals surface area contributed by atoms with Crippen molar-refractivity contribution < 1.29 is 45.4 Å². The second-order valence-corrected chi connectivity index (χ2v) is 10.7. The summed E-state index contributed by atoms with van der Waals surface area (Å²) in [7, 11) is 0. The van der Waals surface area contributed by atoms with Gasteiger partial charge >= 0.3 is 24.3 Å². The van der Waals surface area contributed by atoms with Gasteiger partial charge in [-0.15, -0.1) is 0 Å². The summed E-state index contributed by atoms with van der Waals surface area (Å²) in [6.45, 7) is 16.1. The Morgan fingerprint density at radius 2 is 1.15 bits per heavy atom. The number of hydrogen-bond donors (Lipinski definition) is 0. The van der Waals surface area contributed by atoms with E-state index in [9.17, 15) is 35.9 Å². The van der Waals surface area contributed by atoms with E-state index < -0.39 is 53.2 Å². The minimum atomic E-state index is -5.83. The monoisotopic (exact) mass is 506 g/mol. The molecule has 0 fully saturated rings. The molecule has 0 aromatic heterocycles. The topological polar surface area (TPSA) is 52.6 Å².